The highest BCUT2D eigenvalue weighted by atomic mass is 19.1. The topological polar surface area (TPSA) is 69.4 Å². The van der Waals surface area contributed by atoms with Gasteiger partial charge >= 0.3 is 0 Å². The molecule has 0 aliphatic heterocycles. The maximum Gasteiger partial charge on any atom is 0.191 e. The smallest absolute Gasteiger partial charge is 0.191 e. The Morgan fingerprint density at radius 2 is 2.17 bits per heavy atom. The maximum absolute atomic E-state index is 13.8. The van der Waals surface area contributed by atoms with Crippen molar-refractivity contribution in [2.75, 3.05) is 26.8 Å². The van der Waals surface area contributed by atoms with Crippen molar-refractivity contribution < 1.29 is 9.13 Å². The fraction of sp³-hybridized carbons (Fsp3) is 0.529. The number of aliphatic imine (C=N–C) groups is 1. The van der Waals surface area contributed by atoms with Gasteiger partial charge in [0.05, 0.1) is 11.6 Å². The van der Waals surface area contributed by atoms with Crippen molar-refractivity contribution in [1.82, 2.24) is 10.6 Å². The number of nitrogens with one attached hydrogen (secondary N) is 2. The number of hydrogen-bond acceptors (Lipinski definition) is 3. The zero-order valence-corrected chi connectivity index (χ0v) is 14.0. The van der Waals surface area contributed by atoms with Crippen molar-refractivity contribution in [3.63, 3.8) is 0 Å². The van der Waals surface area contributed by atoms with E-state index >= 15 is 0 Å². The van der Waals surface area contributed by atoms with Crippen LogP contribution in [-0.2, 0) is 11.3 Å². The average molecular weight is 320 g/mol. The molecule has 0 aromatic heterocycles. The minimum Gasteiger partial charge on any atom is -0.381 e. The van der Waals surface area contributed by atoms with Crippen LogP contribution in [0.1, 0.15) is 31.4 Å². The first kappa shape index (κ1) is 18.9. The largest absolute Gasteiger partial charge is 0.381 e. The van der Waals surface area contributed by atoms with Crippen LogP contribution in [0.2, 0.25) is 0 Å². The molecular weight excluding hydrogens is 295 g/mol. The van der Waals surface area contributed by atoms with E-state index in [0.717, 1.165) is 19.6 Å². The molecule has 1 aromatic carbocycles. The second kappa shape index (κ2) is 10.6. The van der Waals surface area contributed by atoms with E-state index in [1.54, 1.807) is 19.2 Å². The van der Waals surface area contributed by atoms with Crippen LogP contribution in [0.3, 0.4) is 0 Å². The summed E-state index contributed by atoms with van der Waals surface area (Å²) < 4.78 is 19.3. The zero-order valence-electron chi connectivity index (χ0n) is 14.0. The third-order valence-corrected chi connectivity index (χ3v) is 3.06. The molecule has 0 atom stereocenters. The molecule has 0 saturated carbocycles. The zero-order chi connectivity index (χ0) is 17.1. The highest BCUT2D eigenvalue weighted by Gasteiger charge is 2.05. The molecule has 5 nitrogen and oxygen atoms in total. The molecule has 0 aliphatic carbocycles. The number of ether oxygens (including phenoxy) is 1. The molecule has 2 N–H and O–H groups in total. The van der Waals surface area contributed by atoms with Crippen LogP contribution in [0.15, 0.2) is 23.2 Å². The van der Waals surface area contributed by atoms with Crippen molar-refractivity contribution in [3.8, 4) is 6.07 Å². The molecule has 0 fully saturated rings. The van der Waals surface area contributed by atoms with Gasteiger partial charge in [0.25, 0.3) is 0 Å². The van der Waals surface area contributed by atoms with Crippen molar-refractivity contribution in [2.45, 2.75) is 26.8 Å². The van der Waals surface area contributed by atoms with E-state index in [9.17, 15) is 4.39 Å². The quantitative estimate of drug-likeness (QED) is 0.438. The van der Waals surface area contributed by atoms with Gasteiger partial charge in [-0.25, -0.2) is 4.39 Å². The molecule has 126 valence electrons. The van der Waals surface area contributed by atoms with E-state index < -0.39 is 5.82 Å². The fourth-order valence-electron chi connectivity index (χ4n) is 1.86. The van der Waals surface area contributed by atoms with Gasteiger partial charge < -0.3 is 15.4 Å². The number of guanidine groups is 1. The van der Waals surface area contributed by atoms with Crippen LogP contribution < -0.4 is 10.6 Å². The summed E-state index contributed by atoms with van der Waals surface area (Å²) in [7, 11) is 1.67. The van der Waals surface area contributed by atoms with Gasteiger partial charge in [-0.3, -0.25) is 4.99 Å². The van der Waals surface area contributed by atoms with E-state index in [1.807, 2.05) is 6.07 Å². The van der Waals surface area contributed by atoms with Crippen molar-refractivity contribution in [1.29, 1.82) is 5.26 Å². The number of halogens is 1. The first-order valence-electron chi connectivity index (χ1n) is 7.77. The molecule has 0 saturated heterocycles. The molecule has 1 aromatic rings. The minimum absolute atomic E-state index is 0.307. The van der Waals surface area contributed by atoms with E-state index in [1.165, 1.54) is 6.07 Å². The van der Waals surface area contributed by atoms with E-state index in [2.05, 4.69) is 29.5 Å². The maximum atomic E-state index is 13.8. The van der Waals surface area contributed by atoms with Gasteiger partial charge in [-0.2, -0.15) is 5.26 Å². The second-order valence-corrected chi connectivity index (χ2v) is 5.59. The third-order valence-electron chi connectivity index (χ3n) is 3.06. The lowest BCUT2D eigenvalue weighted by Gasteiger charge is -2.13. The van der Waals surface area contributed by atoms with E-state index in [0.29, 0.717) is 36.2 Å². The molecule has 0 radical (unpaired) electrons. The predicted octanol–water partition coefficient (Wildman–Crippen LogP) is 2.43. The summed E-state index contributed by atoms with van der Waals surface area (Å²) in [5.74, 6) is 0.756. The summed E-state index contributed by atoms with van der Waals surface area (Å²) in [4.78, 5) is 4.09. The van der Waals surface area contributed by atoms with Gasteiger partial charge in [-0.15, -0.1) is 0 Å². The van der Waals surface area contributed by atoms with Crippen LogP contribution in [0.4, 0.5) is 4.39 Å². The first-order chi connectivity index (χ1) is 11.1. The third kappa shape index (κ3) is 7.61. The van der Waals surface area contributed by atoms with Gasteiger partial charge in [0.1, 0.15) is 5.82 Å². The molecular formula is C17H25FN4O. The second-order valence-electron chi connectivity index (χ2n) is 5.59. The molecule has 0 unspecified atom stereocenters. The van der Waals surface area contributed by atoms with E-state index in [-0.39, 0.29) is 0 Å². The molecule has 0 spiro atoms. The molecule has 6 heteroatoms. The Morgan fingerprint density at radius 3 is 2.78 bits per heavy atom. The fourth-order valence-corrected chi connectivity index (χ4v) is 1.86. The first-order valence-corrected chi connectivity index (χ1v) is 7.77. The summed E-state index contributed by atoms with van der Waals surface area (Å²) >= 11 is 0. The van der Waals surface area contributed by atoms with Crippen molar-refractivity contribution >= 4 is 5.96 Å². The number of benzene rings is 1. The van der Waals surface area contributed by atoms with Gasteiger partial charge in [0.2, 0.25) is 0 Å². The Hall–Kier alpha value is -2.13. The number of rotatable bonds is 8. The summed E-state index contributed by atoms with van der Waals surface area (Å²) in [6.07, 6.45) is 0.874. The monoisotopic (exact) mass is 320 g/mol. The van der Waals surface area contributed by atoms with Crippen LogP contribution in [0, 0.1) is 23.1 Å². The van der Waals surface area contributed by atoms with Crippen molar-refractivity contribution in [3.05, 3.63) is 35.1 Å². The van der Waals surface area contributed by atoms with Gasteiger partial charge in [0, 0.05) is 38.9 Å². The molecule has 23 heavy (non-hydrogen) atoms. The van der Waals surface area contributed by atoms with Gasteiger partial charge in [-0.05, 0) is 24.5 Å². The molecule has 0 heterocycles. The van der Waals surface area contributed by atoms with Crippen LogP contribution in [-0.4, -0.2) is 32.8 Å². The minimum atomic E-state index is -0.394. The standard InChI is InChI=1S/C17H25FN4O/c1-13(2)12-23-8-4-7-21-17(20-3)22-11-15-6-5-14(10-19)9-16(15)18/h5-6,9,13H,4,7-8,11-12H2,1-3H3,(H2,20,21,22). The Balaban J connectivity index is 2.30. The number of nitrogens with zero attached hydrogens (tertiary/aromatic N) is 2. The number of hydrogen-bond donors (Lipinski definition) is 2. The summed E-state index contributed by atoms with van der Waals surface area (Å²) in [6.45, 7) is 6.74. The predicted molar refractivity (Wildman–Crippen MR) is 89.6 cm³/mol. The summed E-state index contributed by atoms with van der Waals surface area (Å²) in [5, 5.41) is 14.9. The van der Waals surface area contributed by atoms with Crippen molar-refractivity contribution in [2.24, 2.45) is 10.9 Å². The summed E-state index contributed by atoms with van der Waals surface area (Å²) in [6, 6.07) is 6.35. The Kier molecular flexibility index (Phi) is 8.70. The Bertz CT molecular complexity index is 552. The SMILES string of the molecule is CN=C(NCCCOCC(C)C)NCc1ccc(C#N)cc1F. The molecule has 0 amide bonds. The molecule has 0 bridgehead atoms. The Labute approximate surface area is 137 Å². The van der Waals surface area contributed by atoms with Gasteiger partial charge in [-0.1, -0.05) is 19.9 Å². The summed E-state index contributed by atoms with van der Waals surface area (Å²) in [5.41, 5.74) is 0.808. The average Bonchev–Trinajstić information content (AvgIpc) is 2.54. The van der Waals surface area contributed by atoms with E-state index in [4.69, 9.17) is 10.00 Å². The highest BCUT2D eigenvalue weighted by Crippen LogP contribution is 2.09. The molecule has 0 aliphatic rings. The van der Waals surface area contributed by atoms with Crippen LogP contribution in [0.5, 0.6) is 0 Å². The normalized spacial score (nSPS) is 11.4. The lowest BCUT2D eigenvalue weighted by atomic mass is 10.1. The van der Waals surface area contributed by atoms with Crippen LogP contribution in [0.25, 0.3) is 0 Å². The highest BCUT2D eigenvalue weighted by molar-refractivity contribution is 5.79. The van der Waals surface area contributed by atoms with Gasteiger partial charge in [0.15, 0.2) is 5.96 Å². The lowest BCUT2D eigenvalue weighted by molar-refractivity contribution is 0.108. The lowest BCUT2D eigenvalue weighted by Crippen LogP contribution is -2.37. The Morgan fingerprint density at radius 1 is 1.39 bits per heavy atom. The molecule has 1 rings (SSSR count). The van der Waals surface area contributed by atoms with Crippen LogP contribution >= 0.6 is 0 Å². The number of nitriles is 1.